The van der Waals surface area contributed by atoms with Crippen LogP contribution in [0.2, 0.25) is 0 Å². The number of pyridine rings is 1. The topological polar surface area (TPSA) is 68.2 Å². The Morgan fingerprint density at radius 2 is 2.00 bits per heavy atom. The molecule has 0 spiro atoms. The third-order valence-electron chi connectivity index (χ3n) is 3.72. The molecule has 1 fully saturated rings. The quantitative estimate of drug-likeness (QED) is 0.798. The van der Waals surface area contributed by atoms with Gasteiger partial charge < -0.3 is 9.64 Å². The maximum Gasteiger partial charge on any atom is 0.360 e. The SMILES string of the molecule is COC(=O)c1nccnc1N1CCC(c2ccncc2)C1. The molecule has 21 heavy (non-hydrogen) atoms. The third kappa shape index (κ3) is 2.69. The lowest BCUT2D eigenvalue weighted by Gasteiger charge is -2.19. The minimum Gasteiger partial charge on any atom is -0.464 e. The molecule has 0 saturated carbocycles. The van der Waals surface area contributed by atoms with Gasteiger partial charge in [0.2, 0.25) is 0 Å². The molecule has 2 aromatic rings. The fourth-order valence-corrected chi connectivity index (χ4v) is 2.66. The summed E-state index contributed by atoms with van der Waals surface area (Å²) in [7, 11) is 1.35. The van der Waals surface area contributed by atoms with E-state index in [9.17, 15) is 4.79 Å². The molecule has 0 N–H and O–H groups in total. The number of nitrogens with zero attached hydrogens (tertiary/aromatic N) is 4. The van der Waals surface area contributed by atoms with Crippen LogP contribution in [0.15, 0.2) is 36.9 Å². The molecule has 2 aromatic heterocycles. The average molecular weight is 284 g/mol. The number of methoxy groups -OCH3 is 1. The Balaban J connectivity index is 1.82. The van der Waals surface area contributed by atoms with E-state index in [1.165, 1.54) is 18.9 Å². The summed E-state index contributed by atoms with van der Waals surface area (Å²) in [5, 5.41) is 0. The molecule has 108 valence electrons. The van der Waals surface area contributed by atoms with Crippen molar-refractivity contribution in [3.05, 3.63) is 48.2 Å². The second-order valence-electron chi connectivity index (χ2n) is 4.93. The lowest BCUT2D eigenvalue weighted by molar-refractivity contribution is 0.0594. The molecule has 1 saturated heterocycles. The van der Waals surface area contributed by atoms with Gasteiger partial charge in [-0.15, -0.1) is 0 Å². The Bertz CT molecular complexity index is 633. The average Bonchev–Trinajstić information content (AvgIpc) is 3.05. The Labute approximate surface area is 122 Å². The maximum absolute atomic E-state index is 11.8. The van der Waals surface area contributed by atoms with Crippen LogP contribution in [-0.2, 0) is 4.74 Å². The van der Waals surface area contributed by atoms with Gasteiger partial charge in [0, 0.05) is 43.8 Å². The smallest absolute Gasteiger partial charge is 0.360 e. The molecule has 6 heteroatoms. The van der Waals surface area contributed by atoms with E-state index < -0.39 is 5.97 Å². The minimum absolute atomic E-state index is 0.273. The zero-order chi connectivity index (χ0) is 14.7. The van der Waals surface area contributed by atoms with E-state index in [1.54, 1.807) is 18.6 Å². The van der Waals surface area contributed by atoms with Crippen molar-refractivity contribution in [3.8, 4) is 0 Å². The van der Waals surface area contributed by atoms with Crippen molar-refractivity contribution >= 4 is 11.8 Å². The van der Waals surface area contributed by atoms with Gasteiger partial charge in [0.05, 0.1) is 7.11 Å². The Morgan fingerprint density at radius 3 is 2.76 bits per heavy atom. The third-order valence-corrected chi connectivity index (χ3v) is 3.72. The summed E-state index contributed by atoms with van der Waals surface area (Å²) < 4.78 is 4.77. The van der Waals surface area contributed by atoms with Crippen LogP contribution in [0, 0.1) is 0 Å². The van der Waals surface area contributed by atoms with E-state index in [-0.39, 0.29) is 5.69 Å². The second kappa shape index (κ2) is 5.87. The van der Waals surface area contributed by atoms with Gasteiger partial charge in [-0.25, -0.2) is 14.8 Å². The van der Waals surface area contributed by atoms with Crippen molar-refractivity contribution in [2.75, 3.05) is 25.1 Å². The summed E-state index contributed by atoms with van der Waals surface area (Å²) >= 11 is 0. The molecule has 0 aromatic carbocycles. The Hall–Kier alpha value is -2.50. The predicted molar refractivity (Wildman–Crippen MR) is 77.2 cm³/mol. The number of ether oxygens (including phenoxy) is 1. The molecule has 0 bridgehead atoms. The van der Waals surface area contributed by atoms with Crippen LogP contribution in [0.25, 0.3) is 0 Å². The van der Waals surface area contributed by atoms with Gasteiger partial charge in [-0.2, -0.15) is 0 Å². The first-order valence-electron chi connectivity index (χ1n) is 6.84. The van der Waals surface area contributed by atoms with Gasteiger partial charge in [-0.3, -0.25) is 4.98 Å². The first-order chi connectivity index (χ1) is 10.3. The van der Waals surface area contributed by atoms with Crippen LogP contribution >= 0.6 is 0 Å². The van der Waals surface area contributed by atoms with Crippen LogP contribution in [-0.4, -0.2) is 41.1 Å². The molecular formula is C15H16N4O2. The van der Waals surface area contributed by atoms with E-state index in [4.69, 9.17) is 4.74 Å². The highest BCUT2D eigenvalue weighted by molar-refractivity contribution is 5.92. The maximum atomic E-state index is 11.8. The van der Waals surface area contributed by atoms with Crippen molar-refractivity contribution in [1.29, 1.82) is 0 Å². The molecule has 1 atom stereocenters. The molecule has 1 unspecified atom stereocenters. The van der Waals surface area contributed by atoms with E-state index in [1.807, 2.05) is 12.1 Å². The van der Waals surface area contributed by atoms with Crippen LogP contribution in [0.1, 0.15) is 28.4 Å². The highest BCUT2D eigenvalue weighted by atomic mass is 16.5. The Kier molecular flexibility index (Phi) is 3.77. The van der Waals surface area contributed by atoms with Gasteiger partial charge in [0.15, 0.2) is 11.5 Å². The summed E-state index contributed by atoms with van der Waals surface area (Å²) in [6, 6.07) is 4.07. The first-order valence-corrected chi connectivity index (χ1v) is 6.84. The molecule has 3 rings (SSSR count). The number of rotatable bonds is 3. The Morgan fingerprint density at radius 1 is 1.24 bits per heavy atom. The van der Waals surface area contributed by atoms with Gasteiger partial charge >= 0.3 is 5.97 Å². The van der Waals surface area contributed by atoms with Gasteiger partial charge in [0.25, 0.3) is 0 Å². The van der Waals surface area contributed by atoms with Crippen molar-refractivity contribution < 1.29 is 9.53 Å². The number of aromatic nitrogens is 3. The standard InChI is InChI=1S/C15H16N4O2/c1-21-15(20)13-14(18-8-7-17-13)19-9-4-12(10-19)11-2-5-16-6-3-11/h2-3,5-8,12H,4,9-10H2,1H3. The van der Waals surface area contributed by atoms with E-state index in [0.717, 1.165) is 19.5 Å². The van der Waals surface area contributed by atoms with E-state index >= 15 is 0 Å². The van der Waals surface area contributed by atoms with Gasteiger partial charge in [-0.1, -0.05) is 0 Å². The normalized spacial score (nSPS) is 17.8. The largest absolute Gasteiger partial charge is 0.464 e. The summed E-state index contributed by atoms with van der Waals surface area (Å²) in [5.74, 6) is 0.562. The van der Waals surface area contributed by atoms with E-state index in [0.29, 0.717) is 11.7 Å². The number of hydrogen-bond donors (Lipinski definition) is 0. The second-order valence-corrected chi connectivity index (χ2v) is 4.93. The van der Waals surface area contributed by atoms with Crippen LogP contribution in [0.5, 0.6) is 0 Å². The molecule has 1 aliphatic heterocycles. The fourth-order valence-electron chi connectivity index (χ4n) is 2.66. The highest BCUT2D eigenvalue weighted by Crippen LogP contribution is 2.30. The molecule has 6 nitrogen and oxygen atoms in total. The van der Waals surface area contributed by atoms with Crippen LogP contribution < -0.4 is 4.90 Å². The lowest BCUT2D eigenvalue weighted by atomic mass is 10.00. The zero-order valence-electron chi connectivity index (χ0n) is 11.8. The highest BCUT2D eigenvalue weighted by Gasteiger charge is 2.28. The molecule has 3 heterocycles. The summed E-state index contributed by atoms with van der Waals surface area (Å²) in [6.45, 7) is 1.66. The molecule has 0 amide bonds. The number of carbonyl (C=O) groups is 1. The predicted octanol–water partition coefficient (Wildman–Crippen LogP) is 1.65. The monoisotopic (exact) mass is 284 g/mol. The van der Waals surface area contributed by atoms with Crippen molar-refractivity contribution in [2.45, 2.75) is 12.3 Å². The zero-order valence-corrected chi connectivity index (χ0v) is 11.8. The van der Waals surface area contributed by atoms with Crippen molar-refractivity contribution in [1.82, 2.24) is 15.0 Å². The molecule has 0 aliphatic carbocycles. The van der Waals surface area contributed by atoms with Gasteiger partial charge in [0.1, 0.15) is 0 Å². The number of anilines is 1. The van der Waals surface area contributed by atoms with E-state index in [2.05, 4.69) is 19.9 Å². The van der Waals surface area contributed by atoms with Gasteiger partial charge in [-0.05, 0) is 24.1 Å². The molecule has 1 aliphatic rings. The summed E-state index contributed by atoms with van der Waals surface area (Å²) in [6.07, 6.45) is 7.73. The fraction of sp³-hybridized carbons (Fsp3) is 0.333. The van der Waals surface area contributed by atoms with Crippen molar-refractivity contribution in [2.24, 2.45) is 0 Å². The van der Waals surface area contributed by atoms with Crippen LogP contribution in [0.3, 0.4) is 0 Å². The number of hydrogen-bond acceptors (Lipinski definition) is 6. The summed E-state index contributed by atoms with van der Waals surface area (Å²) in [5.41, 5.74) is 1.53. The molecular weight excluding hydrogens is 268 g/mol. The lowest BCUT2D eigenvalue weighted by Crippen LogP contribution is -2.24. The van der Waals surface area contributed by atoms with Crippen molar-refractivity contribution in [3.63, 3.8) is 0 Å². The summed E-state index contributed by atoms with van der Waals surface area (Å²) in [4.78, 5) is 26.3. The number of esters is 1. The molecule has 0 radical (unpaired) electrons. The number of carbonyl (C=O) groups excluding carboxylic acids is 1. The minimum atomic E-state index is -0.453. The first kappa shape index (κ1) is 13.5. The van der Waals surface area contributed by atoms with Crippen LogP contribution in [0.4, 0.5) is 5.82 Å².